The van der Waals surface area contributed by atoms with Crippen LogP contribution in [0.4, 0.5) is 4.39 Å². The fraction of sp³-hybridized carbons (Fsp3) is 0.533. The molecule has 0 N–H and O–H groups in total. The number of benzene rings is 1. The van der Waals surface area contributed by atoms with Crippen LogP contribution in [-0.4, -0.2) is 37.7 Å². The molecule has 7 heteroatoms. The fourth-order valence-corrected chi connectivity index (χ4v) is 4.03. The van der Waals surface area contributed by atoms with Crippen LogP contribution in [-0.2, 0) is 14.8 Å². The molecule has 0 unspecified atom stereocenters. The van der Waals surface area contributed by atoms with E-state index < -0.39 is 16.1 Å². The molecule has 22 heavy (non-hydrogen) atoms. The first-order valence-corrected chi connectivity index (χ1v) is 8.79. The molecule has 1 aromatic carbocycles. The minimum atomic E-state index is -3.41. The van der Waals surface area contributed by atoms with Crippen LogP contribution in [0.1, 0.15) is 31.4 Å². The van der Waals surface area contributed by atoms with Crippen molar-refractivity contribution in [3.63, 3.8) is 0 Å². The zero-order valence-corrected chi connectivity index (χ0v) is 13.2. The lowest BCUT2D eigenvalue weighted by molar-refractivity contribution is -0.0557. The van der Waals surface area contributed by atoms with Crippen molar-refractivity contribution in [1.82, 2.24) is 4.31 Å². The van der Waals surface area contributed by atoms with Gasteiger partial charge in [0.1, 0.15) is 5.82 Å². The smallest absolute Gasteiger partial charge is 0.214 e. The average Bonchev–Trinajstić information content (AvgIpc) is 2.47. The molecular weight excluding hydrogens is 307 g/mol. The maximum absolute atomic E-state index is 13.0. The SMILES string of the molecule is C[C@H]1CN(S(=O)(=O)CCCC#N)C[C@@H](c2ccc(F)cc2)O1. The number of morpholine rings is 1. The van der Waals surface area contributed by atoms with Gasteiger partial charge in [0.25, 0.3) is 0 Å². The van der Waals surface area contributed by atoms with Gasteiger partial charge < -0.3 is 4.74 Å². The lowest BCUT2D eigenvalue weighted by Crippen LogP contribution is -2.46. The number of unbranched alkanes of at least 4 members (excludes halogenated alkanes) is 1. The molecule has 1 saturated heterocycles. The Hall–Kier alpha value is -1.49. The summed E-state index contributed by atoms with van der Waals surface area (Å²) < 4.78 is 44.9. The van der Waals surface area contributed by atoms with Gasteiger partial charge >= 0.3 is 0 Å². The van der Waals surface area contributed by atoms with Crippen LogP contribution in [0, 0.1) is 17.1 Å². The second kappa shape index (κ2) is 7.18. The third-order valence-corrected chi connectivity index (χ3v) is 5.44. The average molecular weight is 326 g/mol. The van der Waals surface area contributed by atoms with E-state index >= 15 is 0 Å². The number of hydrogen-bond acceptors (Lipinski definition) is 4. The van der Waals surface area contributed by atoms with Crippen molar-refractivity contribution in [2.24, 2.45) is 0 Å². The lowest BCUT2D eigenvalue weighted by atomic mass is 10.1. The van der Waals surface area contributed by atoms with Crippen LogP contribution >= 0.6 is 0 Å². The maximum atomic E-state index is 13.0. The standard InChI is InChI=1S/C15H19FN2O3S/c1-12-10-18(22(19,20)9-3-2-8-17)11-15(21-12)13-4-6-14(16)7-5-13/h4-7,12,15H,2-3,9-11H2,1H3/t12-,15-/m0/s1. The molecule has 5 nitrogen and oxygen atoms in total. The molecule has 1 aliphatic rings. The summed E-state index contributed by atoms with van der Waals surface area (Å²) in [6.45, 7) is 2.32. The predicted octanol–water partition coefficient (Wildman–Crippen LogP) is 2.22. The van der Waals surface area contributed by atoms with Crippen LogP contribution in [0.2, 0.25) is 0 Å². The Morgan fingerprint density at radius 1 is 1.36 bits per heavy atom. The highest BCUT2D eigenvalue weighted by atomic mass is 32.2. The topological polar surface area (TPSA) is 70.4 Å². The zero-order valence-electron chi connectivity index (χ0n) is 12.4. The first-order valence-electron chi connectivity index (χ1n) is 7.18. The molecule has 0 aliphatic carbocycles. The van der Waals surface area contributed by atoms with Crippen molar-refractivity contribution in [1.29, 1.82) is 5.26 Å². The Morgan fingerprint density at radius 2 is 2.05 bits per heavy atom. The van der Waals surface area contributed by atoms with Gasteiger partial charge in [-0.1, -0.05) is 12.1 Å². The van der Waals surface area contributed by atoms with Gasteiger partial charge in [0.15, 0.2) is 0 Å². The van der Waals surface area contributed by atoms with E-state index in [1.165, 1.54) is 16.4 Å². The van der Waals surface area contributed by atoms with Gasteiger partial charge in [-0.25, -0.2) is 12.8 Å². The first kappa shape index (κ1) is 16.9. The molecule has 0 amide bonds. The molecule has 2 rings (SSSR count). The van der Waals surface area contributed by atoms with E-state index in [0.717, 1.165) is 5.56 Å². The summed E-state index contributed by atoms with van der Waals surface area (Å²) in [6.07, 6.45) is -0.101. The summed E-state index contributed by atoms with van der Waals surface area (Å²) >= 11 is 0. The van der Waals surface area contributed by atoms with E-state index in [4.69, 9.17) is 10.00 Å². The van der Waals surface area contributed by atoms with E-state index in [1.807, 2.05) is 13.0 Å². The molecule has 2 atom stereocenters. The van der Waals surface area contributed by atoms with Crippen molar-refractivity contribution >= 4 is 10.0 Å². The molecule has 0 bridgehead atoms. The molecule has 1 fully saturated rings. The summed E-state index contributed by atoms with van der Waals surface area (Å²) in [4.78, 5) is 0. The van der Waals surface area contributed by atoms with Crippen molar-refractivity contribution < 1.29 is 17.5 Å². The quantitative estimate of drug-likeness (QED) is 0.778. The highest BCUT2D eigenvalue weighted by Gasteiger charge is 2.33. The molecule has 1 aromatic rings. The van der Waals surface area contributed by atoms with Crippen LogP contribution in [0.15, 0.2) is 24.3 Å². The third kappa shape index (κ3) is 4.26. The highest BCUT2D eigenvalue weighted by molar-refractivity contribution is 7.89. The lowest BCUT2D eigenvalue weighted by Gasteiger charge is -2.36. The molecule has 0 aromatic heterocycles. The number of hydrogen-bond donors (Lipinski definition) is 0. The molecular formula is C15H19FN2O3S. The number of rotatable bonds is 5. The van der Waals surface area contributed by atoms with Gasteiger partial charge in [-0.05, 0) is 31.0 Å². The van der Waals surface area contributed by atoms with Gasteiger partial charge in [0, 0.05) is 19.5 Å². The number of nitriles is 1. The Balaban J connectivity index is 2.10. The molecule has 1 aliphatic heterocycles. The van der Waals surface area contributed by atoms with E-state index in [9.17, 15) is 12.8 Å². The van der Waals surface area contributed by atoms with Gasteiger partial charge in [0.05, 0.1) is 24.0 Å². The van der Waals surface area contributed by atoms with Gasteiger partial charge in [-0.2, -0.15) is 9.57 Å². The number of sulfonamides is 1. The number of ether oxygens (including phenoxy) is 1. The monoisotopic (exact) mass is 326 g/mol. The summed E-state index contributed by atoms with van der Waals surface area (Å²) in [5.41, 5.74) is 0.755. The highest BCUT2D eigenvalue weighted by Crippen LogP contribution is 2.27. The van der Waals surface area contributed by atoms with E-state index in [2.05, 4.69) is 0 Å². The normalized spacial score (nSPS) is 23.1. The van der Waals surface area contributed by atoms with Crippen molar-refractivity contribution in [2.45, 2.75) is 32.0 Å². The van der Waals surface area contributed by atoms with Crippen LogP contribution in [0.5, 0.6) is 0 Å². The van der Waals surface area contributed by atoms with Gasteiger partial charge in [0.2, 0.25) is 10.0 Å². The Morgan fingerprint density at radius 3 is 2.68 bits per heavy atom. The Bertz CT molecular complexity index is 640. The predicted molar refractivity (Wildman–Crippen MR) is 79.9 cm³/mol. The van der Waals surface area contributed by atoms with E-state index in [0.29, 0.717) is 13.0 Å². The van der Waals surface area contributed by atoms with Gasteiger partial charge in [-0.3, -0.25) is 0 Å². The molecule has 1 heterocycles. The second-order valence-electron chi connectivity index (χ2n) is 5.38. The van der Waals surface area contributed by atoms with Crippen molar-refractivity contribution in [3.05, 3.63) is 35.6 Å². The summed E-state index contributed by atoms with van der Waals surface area (Å²) in [7, 11) is -3.41. The second-order valence-corrected chi connectivity index (χ2v) is 7.47. The van der Waals surface area contributed by atoms with Crippen molar-refractivity contribution in [3.8, 4) is 6.07 Å². The Labute approximate surface area is 130 Å². The zero-order chi connectivity index (χ0) is 16.2. The number of nitrogens with zero attached hydrogens (tertiary/aromatic N) is 2. The Kier molecular flexibility index (Phi) is 5.51. The fourth-order valence-electron chi connectivity index (χ4n) is 2.46. The number of halogens is 1. The molecule has 0 spiro atoms. The molecule has 0 radical (unpaired) electrons. The third-order valence-electron chi connectivity index (χ3n) is 3.55. The van der Waals surface area contributed by atoms with Gasteiger partial charge in [-0.15, -0.1) is 0 Å². The van der Waals surface area contributed by atoms with Crippen LogP contribution in [0.3, 0.4) is 0 Å². The summed E-state index contributed by atoms with van der Waals surface area (Å²) in [5.74, 6) is -0.378. The largest absolute Gasteiger partial charge is 0.368 e. The van der Waals surface area contributed by atoms with Crippen LogP contribution < -0.4 is 0 Å². The maximum Gasteiger partial charge on any atom is 0.214 e. The molecule has 0 saturated carbocycles. The van der Waals surface area contributed by atoms with Crippen LogP contribution in [0.25, 0.3) is 0 Å². The molecule has 120 valence electrons. The van der Waals surface area contributed by atoms with E-state index in [-0.39, 0.29) is 30.6 Å². The summed E-state index contributed by atoms with van der Waals surface area (Å²) in [5, 5.41) is 8.52. The minimum absolute atomic E-state index is 0.0383. The van der Waals surface area contributed by atoms with E-state index in [1.54, 1.807) is 12.1 Å². The summed E-state index contributed by atoms with van der Waals surface area (Å²) in [6, 6.07) is 7.84. The minimum Gasteiger partial charge on any atom is -0.368 e. The first-order chi connectivity index (χ1) is 10.4. The van der Waals surface area contributed by atoms with Crippen molar-refractivity contribution in [2.75, 3.05) is 18.8 Å².